The number of alkyl halides is 6. The van der Waals surface area contributed by atoms with E-state index in [2.05, 4.69) is 0 Å². The summed E-state index contributed by atoms with van der Waals surface area (Å²) in [5.74, 6) is -0.536. The van der Waals surface area contributed by atoms with Crippen molar-refractivity contribution >= 4 is 9.84 Å². The normalized spacial score (nSPS) is 13.7. The lowest BCUT2D eigenvalue weighted by Crippen LogP contribution is -2.51. The number of hydrogen-bond donors (Lipinski definition) is 0. The molecule has 2 nitrogen and oxygen atoms in total. The highest BCUT2D eigenvalue weighted by Gasteiger charge is 2.68. The van der Waals surface area contributed by atoms with Crippen molar-refractivity contribution in [2.24, 2.45) is 0 Å². The molecule has 2 rings (SSSR count). The second kappa shape index (κ2) is 6.61. The van der Waals surface area contributed by atoms with E-state index in [0.717, 1.165) is 12.1 Å². The van der Waals surface area contributed by atoms with Gasteiger partial charge in [-0.25, -0.2) is 8.42 Å². The molecule has 0 radical (unpaired) electrons. The van der Waals surface area contributed by atoms with Crippen LogP contribution in [0, 0.1) is 0 Å². The number of rotatable bonds is 4. The van der Waals surface area contributed by atoms with Crippen molar-refractivity contribution in [3.05, 3.63) is 65.7 Å². The molecule has 0 fully saturated rings. The van der Waals surface area contributed by atoms with Gasteiger partial charge in [0, 0.05) is 0 Å². The van der Waals surface area contributed by atoms with Crippen molar-refractivity contribution in [3.63, 3.8) is 0 Å². The summed E-state index contributed by atoms with van der Waals surface area (Å²) in [6, 6.07) is 10.6. The van der Waals surface area contributed by atoms with Gasteiger partial charge in [0.05, 0.1) is 10.6 Å². The van der Waals surface area contributed by atoms with Crippen molar-refractivity contribution in [3.8, 4) is 0 Å². The van der Waals surface area contributed by atoms with Gasteiger partial charge in [-0.2, -0.15) is 26.3 Å². The van der Waals surface area contributed by atoms with Gasteiger partial charge in [0.15, 0.2) is 15.3 Å². The summed E-state index contributed by atoms with van der Waals surface area (Å²) in [7, 11) is -3.76. The van der Waals surface area contributed by atoms with Crippen molar-refractivity contribution in [1.82, 2.24) is 0 Å². The van der Waals surface area contributed by atoms with Gasteiger partial charge >= 0.3 is 12.4 Å². The summed E-state index contributed by atoms with van der Waals surface area (Å²) in [4.78, 5) is 0.0134. The smallest absolute Gasteiger partial charge is 0.223 e. The SMILES string of the molecule is CC(c1ccc(CS(=O)(=O)c2ccccc2)cc1)(C(F)(F)F)C(F)(F)F. The van der Waals surface area contributed by atoms with Crippen LogP contribution in [0.2, 0.25) is 0 Å². The lowest BCUT2D eigenvalue weighted by atomic mass is 9.80. The predicted octanol–water partition coefficient (Wildman–Crippen LogP) is 5.04. The van der Waals surface area contributed by atoms with Crippen LogP contribution in [0.25, 0.3) is 0 Å². The molecule has 0 N–H and O–H groups in total. The fourth-order valence-electron chi connectivity index (χ4n) is 2.35. The highest BCUT2D eigenvalue weighted by Crippen LogP contribution is 2.51. The lowest BCUT2D eigenvalue weighted by Gasteiger charge is -2.34. The van der Waals surface area contributed by atoms with Crippen molar-refractivity contribution in [2.75, 3.05) is 0 Å². The van der Waals surface area contributed by atoms with E-state index in [0.29, 0.717) is 12.1 Å². The van der Waals surface area contributed by atoms with Crippen molar-refractivity contribution in [1.29, 1.82) is 0 Å². The van der Waals surface area contributed by atoms with Crippen LogP contribution in [-0.4, -0.2) is 20.8 Å². The Balaban J connectivity index is 2.36. The molecule has 0 heterocycles. The maximum Gasteiger partial charge on any atom is 0.406 e. The third-order valence-electron chi connectivity index (χ3n) is 4.12. The highest BCUT2D eigenvalue weighted by molar-refractivity contribution is 7.90. The van der Waals surface area contributed by atoms with E-state index in [-0.39, 0.29) is 17.4 Å². The van der Waals surface area contributed by atoms with Crippen LogP contribution < -0.4 is 0 Å². The van der Waals surface area contributed by atoms with Crippen LogP contribution in [0.15, 0.2) is 59.5 Å². The van der Waals surface area contributed by atoms with Gasteiger partial charge in [-0.3, -0.25) is 0 Å². The summed E-state index contributed by atoms with van der Waals surface area (Å²) in [6.45, 7) is 0.0583. The van der Waals surface area contributed by atoms with Crippen molar-refractivity contribution < 1.29 is 34.8 Å². The van der Waals surface area contributed by atoms with E-state index in [1.807, 2.05) is 0 Å². The fraction of sp³-hybridized carbons (Fsp3) is 0.294. The topological polar surface area (TPSA) is 34.1 Å². The van der Waals surface area contributed by atoms with Crippen LogP contribution in [-0.2, 0) is 21.0 Å². The van der Waals surface area contributed by atoms with Gasteiger partial charge in [0.1, 0.15) is 0 Å². The molecule has 0 saturated heterocycles. The lowest BCUT2D eigenvalue weighted by molar-refractivity contribution is -0.297. The first-order chi connectivity index (χ1) is 11.8. The average Bonchev–Trinajstić information content (AvgIpc) is 2.53. The zero-order chi connectivity index (χ0) is 19.8. The van der Waals surface area contributed by atoms with Gasteiger partial charge in [0.2, 0.25) is 0 Å². The average molecular weight is 396 g/mol. The minimum Gasteiger partial charge on any atom is -0.223 e. The van der Waals surface area contributed by atoms with Crippen LogP contribution in [0.4, 0.5) is 26.3 Å². The van der Waals surface area contributed by atoms with E-state index in [4.69, 9.17) is 0 Å². The molecular weight excluding hydrogens is 382 g/mol. The number of halogens is 6. The van der Waals surface area contributed by atoms with E-state index in [1.165, 1.54) is 24.3 Å². The number of sulfone groups is 1. The summed E-state index contributed by atoms with van der Waals surface area (Å²) < 4.78 is 103. The monoisotopic (exact) mass is 396 g/mol. The van der Waals surface area contributed by atoms with Crippen LogP contribution in [0.1, 0.15) is 18.1 Å². The Labute approximate surface area is 146 Å². The van der Waals surface area contributed by atoms with Gasteiger partial charge in [-0.15, -0.1) is 0 Å². The first-order valence-corrected chi connectivity index (χ1v) is 8.95. The maximum atomic E-state index is 13.1. The molecule has 0 amide bonds. The Hall–Kier alpha value is -2.03. The molecule has 9 heteroatoms. The van der Waals surface area contributed by atoms with E-state index < -0.39 is 38.9 Å². The Kier molecular flexibility index (Phi) is 5.15. The molecule has 0 atom stereocenters. The third kappa shape index (κ3) is 3.72. The molecule has 2 aromatic rings. The molecule has 142 valence electrons. The first kappa shape index (κ1) is 20.3. The summed E-state index contributed by atoms with van der Waals surface area (Å²) >= 11 is 0. The third-order valence-corrected chi connectivity index (χ3v) is 5.83. The molecule has 0 spiro atoms. The number of hydrogen-bond acceptors (Lipinski definition) is 2. The Morgan fingerprint density at radius 1 is 0.769 bits per heavy atom. The highest BCUT2D eigenvalue weighted by atomic mass is 32.2. The zero-order valence-corrected chi connectivity index (χ0v) is 14.2. The molecule has 26 heavy (non-hydrogen) atoms. The van der Waals surface area contributed by atoms with Gasteiger partial charge < -0.3 is 0 Å². The summed E-state index contributed by atoms with van der Waals surface area (Å²) in [5.41, 5.74) is -4.96. The molecule has 0 aliphatic rings. The second-order valence-electron chi connectivity index (χ2n) is 5.89. The Morgan fingerprint density at radius 2 is 1.23 bits per heavy atom. The minimum atomic E-state index is -5.55. The van der Waals surface area contributed by atoms with E-state index >= 15 is 0 Å². The second-order valence-corrected chi connectivity index (χ2v) is 7.88. The van der Waals surface area contributed by atoms with Crippen LogP contribution in [0.3, 0.4) is 0 Å². The molecular formula is C17H14F6O2S. The predicted molar refractivity (Wildman–Crippen MR) is 83.2 cm³/mol. The summed E-state index contributed by atoms with van der Waals surface area (Å²) in [6.07, 6.45) is -11.1. The largest absolute Gasteiger partial charge is 0.406 e. The van der Waals surface area contributed by atoms with Crippen molar-refractivity contribution in [2.45, 2.75) is 35.3 Å². The van der Waals surface area contributed by atoms with Gasteiger partial charge in [0.25, 0.3) is 0 Å². The van der Waals surface area contributed by atoms with E-state index in [1.54, 1.807) is 6.07 Å². The maximum absolute atomic E-state index is 13.1. The molecule has 0 unspecified atom stereocenters. The molecule has 2 aromatic carbocycles. The molecule has 0 aliphatic carbocycles. The molecule has 0 bridgehead atoms. The molecule has 0 saturated carbocycles. The van der Waals surface area contributed by atoms with Gasteiger partial charge in [-0.05, 0) is 30.2 Å². The quantitative estimate of drug-likeness (QED) is 0.679. The van der Waals surface area contributed by atoms with Gasteiger partial charge in [-0.1, -0.05) is 42.5 Å². The first-order valence-electron chi connectivity index (χ1n) is 7.30. The molecule has 0 aromatic heterocycles. The van der Waals surface area contributed by atoms with E-state index in [9.17, 15) is 34.8 Å². The molecule has 0 aliphatic heterocycles. The zero-order valence-electron chi connectivity index (χ0n) is 13.4. The van der Waals surface area contributed by atoms with Crippen LogP contribution in [0.5, 0.6) is 0 Å². The minimum absolute atomic E-state index is 0.0134. The van der Waals surface area contributed by atoms with Crippen LogP contribution >= 0.6 is 0 Å². The standard InChI is InChI=1S/C17H14F6O2S/c1-15(16(18,19)20,17(21,22)23)13-9-7-12(8-10-13)11-26(24,25)14-5-3-2-4-6-14/h2-10H,11H2,1H3. The fourth-order valence-corrected chi connectivity index (χ4v) is 3.72. The Bertz CT molecular complexity index is 839. The Morgan fingerprint density at radius 3 is 1.65 bits per heavy atom. The number of benzene rings is 2. The summed E-state index contributed by atoms with van der Waals surface area (Å²) in [5, 5.41) is 0.